The monoisotopic (exact) mass is 280 g/mol. The maximum atomic E-state index is 11.2. The van der Waals surface area contributed by atoms with E-state index in [0.717, 1.165) is 14.2 Å². The third kappa shape index (κ3) is 1.60. The zero-order valence-electron chi connectivity index (χ0n) is 8.02. The van der Waals surface area contributed by atoms with E-state index in [1.807, 2.05) is 0 Å². The first kappa shape index (κ1) is 12.0. The first-order chi connectivity index (χ1) is 6.91. The van der Waals surface area contributed by atoms with Gasteiger partial charge in [-0.3, -0.25) is 14.4 Å². The van der Waals surface area contributed by atoms with Crippen LogP contribution in [0.1, 0.15) is 0 Å². The van der Waals surface area contributed by atoms with Gasteiger partial charge in [0.05, 0.1) is 26.1 Å². The van der Waals surface area contributed by atoms with Crippen molar-refractivity contribution in [1.29, 1.82) is 0 Å². The molecule has 2 atom stereocenters. The van der Waals surface area contributed by atoms with Crippen LogP contribution in [0.25, 0.3) is 0 Å². The molecule has 1 fully saturated rings. The molecule has 0 amide bonds. The second-order valence-electron chi connectivity index (χ2n) is 3.07. The van der Waals surface area contributed by atoms with Crippen LogP contribution in [-0.2, 0) is 23.9 Å². The van der Waals surface area contributed by atoms with E-state index in [4.69, 9.17) is 5.11 Å². The van der Waals surface area contributed by atoms with Gasteiger partial charge in [0.25, 0.3) is 0 Å². The van der Waals surface area contributed by atoms with Gasteiger partial charge in [0.1, 0.15) is 0 Å². The standard InChI is InChI=1S/C8H9BrO6/c1-14-5(10)3-4(6(11)15-2)8(3,9)7(12)13/h3-4H,1-2H3,(H,12,13). The number of esters is 2. The van der Waals surface area contributed by atoms with Crippen molar-refractivity contribution in [2.45, 2.75) is 4.32 Å². The third-order valence-electron chi connectivity index (χ3n) is 2.37. The molecule has 0 heterocycles. The lowest BCUT2D eigenvalue weighted by Crippen LogP contribution is -2.23. The summed E-state index contributed by atoms with van der Waals surface area (Å²) in [5.41, 5.74) is 0. The summed E-state index contributed by atoms with van der Waals surface area (Å²) in [5.74, 6) is -4.84. The molecule has 2 unspecified atom stereocenters. The van der Waals surface area contributed by atoms with Crippen LogP contribution in [0.15, 0.2) is 0 Å². The fraction of sp³-hybridized carbons (Fsp3) is 0.625. The van der Waals surface area contributed by atoms with E-state index in [-0.39, 0.29) is 0 Å². The van der Waals surface area contributed by atoms with Crippen molar-refractivity contribution in [2.24, 2.45) is 11.8 Å². The molecule has 7 heteroatoms. The Balaban J connectivity index is 2.94. The molecule has 0 aromatic rings. The third-order valence-corrected chi connectivity index (χ3v) is 3.69. The highest BCUT2D eigenvalue weighted by molar-refractivity contribution is 9.10. The summed E-state index contributed by atoms with van der Waals surface area (Å²) >= 11 is 2.87. The largest absolute Gasteiger partial charge is 0.480 e. The molecular formula is C8H9BrO6. The predicted molar refractivity (Wildman–Crippen MR) is 50.3 cm³/mol. The highest BCUT2D eigenvalue weighted by atomic mass is 79.9. The second kappa shape index (κ2) is 3.80. The molecular weight excluding hydrogens is 272 g/mol. The Morgan fingerprint density at radius 3 is 1.67 bits per heavy atom. The fourth-order valence-electron chi connectivity index (χ4n) is 1.49. The van der Waals surface area contributed by atoms with Gasteiger partial charge < -0.3 is 14.6 Å². The molecule has 0 spiro atoms. The normalized spacial score (nSPS) is 33.0. The first-order valence-corrected chi connectivity index (χ1v) is 4.78. The quantitative estimate of drug-likeness (QED) is 0.569. The molecule has 1 rings (SSSR count). The number of alkyl halides is 1. The van der Waals surface area contributed by atoms with E-state index in [2.05, 4.69) is 25.4 Å². The molecule has 0 bridgehead atoms. The number of carboxylic acid groups (broad SMARTS) is 1. The summed E-state index contributed by atoms with van der Waals surface area (Å²) in [6.45, 7) is 0. The topological polar surface area (TPSA) is 89.9 Å². The van der Waals surface area contributed by atoms with Crippen molar-refractivity contribution in [3.05, 3.63) is 0 Å². The van der Waals surface area contributed by atoms with Gasteiger partial charge in [-0.25, -0.2) is 0 Å². The number of carbonyl (C=O) groups is 3. The summed E-state index contributed by atoms with van der Waals surface area (Å²) in [5, 5.41) is 8.88. The maximum absolute atomic E-state index is 11.2. The summed E-state index contributed by atoms with van der Waals surface area (Å²) in [6, 6.07) is 0. The molecule has 0 aliphatic heterocycles. The van der Waals surface area contributed by atoms with Crippen LogP contribution in [0.4, 0.5) is 0 Å². The van der Waals surface area contributed by atoms with E-state index in [1.165, 1.54) is 0 Å². The molecule has 84 valence electrons. The van der Waals surface area contributed by atoms with Gasteiger partial charge >= 0.3 is 17.9 Å². The average molecular weight is 281 g/mol. The number of aliphatic carboxylic acids is 1. The number of halogens is 1. The Bertz CT molecular complexity index is 303. The zero-order chi connectivity index (χ0) is 11.8. The lowest BCUT2D eigenvalue weighted by atomic mass is 10.3. The average Bonchev–Trinajstić information content (AvgIpc) is 2.84. The van der Waals surface area contributed by atoms with Gasteiger partial charge in [0.15, 0.2) is 4.32 Å². The number of hydrogen-bond donors (Lipinski definition) is 1. The van der Waals surface area contributed by atoms with E-state index >= 15 is 0 Å². The summed E-state index contributed by atoms with van der Waals surface area (Å²) < 4.78 is 7.22. The number of methoxy groups -OCH3 is 2. The Labute approximate surface area is 93.7 Å². The minimum absolute atomic E-state index is 0.746. The van der Waals surface area contributed by atoms with Crippen LogP contribution in [-0.4, -0.2) is 41.6 Å². The highest BCUT2D eigenvalue weighted by Crippen LogP contribution is 2.58. The molecule has 15 heavy (non-hydrogen) atoms. The zero-order valence-corrected chi connectivity index (χ0v) is 9.61. The lowest BCUT2D eigenvalue weighted by Gasteiger charge is -2.00. The van der Waals surface area contributed by atoms with Crippen LogP contribution in [0, 0.1) is 11.8 Å². The number of rotatable bonds is 3. The molecule has 1 aliphatic rings. The lowest BCUT2D eigenvalue weighted by molar-refractivity contribution is -0.148. The molecule has 0 aromatic heterocycles. The summed E-state index contributed by atoms with van der Waals surface area (Å²) in [6.07, 6.45) is 0. The predicted octanol–water partition coefficient (Wildman–Crippen LogP) is -0.203. The van der Waals surface area contributed by atoms with Gasteiger partial charge in [0.2, 0.25) is 0 Å². The Kier molecular flexibility index (Phi) is 3.03. The second-order valence-corrected chi connectivity index (χ2v) is 4.39. The van der Waals surface area contributed by atoms with Gasteiger partial charge in [0, 0.05) is 0 Å². The number of hydrogen-bond acceptors (Lipinski definition) is 5. The molecule has 6 nitrogen and oxygen atoms in total. The van der Waals surface area contributed by atoms with Crippen LogP contribution in [0.5, 0.6) is 0 Å². The minimum atomic E-state index is -1.59. The van der Waals surface area contributed by atoms with Gasteiger partial charge in [-0.05, 0) is 0 Å². The van der Waals surface area contributed by atoms with Crippen LogP contribution in [0.3, 0.4) is 0 Å². The molecule has 0 radical (unpaired) electrons. The van der Waals surface area contributed by atoms with Crippen molar-refractivity contribution in [3.8, 4) is 0 Å². The van der Waals surface area contributed by atoms with E-state index in [9.17, 15) is 14.4 Å². The van der Waals surface area contributed by atoms with Crippen molar-refractivity contribution in [3.63, 3.8) is 0 Å². The highest BCUT2D eigenvalue weighted by Gasteiger charge is 2.77. The van der Waals surface area contributed by atoms with Crippen molar-refractivity contribution >= 4 is 33.8 Å². The van der Waals surface area contributed by atoms with Gasteiger partial charge in [-0.1, -0.05) is 15.9 Å². The van der Waals surface area contributed by atoms with Gasteiger partial charge in [-0.15, -0.1) is 0 Å². The van der Waals surface area contributed by atoms with Crippen LogP contribution in [0.2, 0.25) is 0 Å². The number of carbonyl (C=O) groups excluding carboxylic acids is 2. The smallest absolute Gasteiger partial charge is 0.322 e. The van der Waals surface area contributed by atoms with E-state index < -0.39 is 34.1 Å². The SMILES string of the molecule is COC(=O)C1C(C(=O)OC)C1(Br)C(=O)O. The van der Waals surface area contributed by atoms with Gasteiger partial charge in [-0.2, -0.15) is 0 Å². The Morgan fingerprint density at radius 1 is 1.13 bits per heavy atom. The van der Waals surface area contributed by atoms with E-state index in [1.54, 1.807) is 0 Å². The van der Waals surface area contributed by atoms with Crippen molar-refractivity contribution in [1.82, 2.24) is 0 Å². The Hall–Kier alpha value is -1.11. The number of ether oxygens (including phenoxy) is 2. The number of carboxylic acids is 1. The molecule has 1 N–H and O–H groups in total. The Morgan fingerprint density at radius 2 is 1.47 bits per heavy atom. The summed E-state index contributed by atoms with van der Waals surface area (Å²) in [4.78, 5) is 33.3. The molecule has 1 saturated carbocycles. The molecule has 0 aromatic carbocycles. The summed E-state index contributed by atoms with van der Waals surface area (Å²) in [7, 11) is 2.26. The fourth-order valence-corrected chi connectivity index (χ4v) is 2.26. The van der Waals surface area contributed by atoms with Crippen LogP contribution >= 0.6 is 15.9 Å². The van der Waals surface area contributed by atoms with E-state index in [0.29, 0.717) is 0 Å². The maximum Gasteiger partial charge on any atom is 0.322 e. The van der Waals surface area contributed by atoms with Crippen molar-refractivity contribution in [2.75, 3.05) is 14.2 Å². The van der Waals surface area contributed by atoms with Crippen molar-refractivity contribution < 1.29 is 29.0 Å². The molecule has 0 saturated heterocycles. The molecule has 1 aliphatic carbocycles. The minimum Gasteiger partial charge on any atom is -0.480 e. The van der Waals surface area contributed by atoms with Crippen LogP contribution < -0.4 is 0 Å². The first-order valence-electron chi connectivity index (χ1n) is 3.99.